The van der Waals surface area contributed by atoms with Gasteiger partial charge in [0.05, 0.1) is 26.6 Å². The fourth-order valence-electron chi connectivity index (χ4n) is 3.44. The molecule has 150 valence electrons. The van der Waals surface area contributed by atoms with Gasteiger partial charge in [0.1, 0.15) is 11.5 Å². The maximum absolute atomic E-state index is 12.5. The lowest BCUT2D eigenvalue weighted by Crippen LogP contribution is -2.39. The van der Waals surface area contributed by atoms with E-state index in [4.69, 9.17) is 9.47 Å². The van der Waals surface area contributed by atoms with E-state index >= 15 is 0 Å². The number of piperidine rings is 1. The van der Waals surface area contributed by atoms with Crippen molar-refractivity contribution in [3.8, 4) is 11.5 Å². The number of methoxy groups -OCH3 is 2. The first-order chi connectivity index (χ1) is 13.6. The van der Waals surface area contributed by atoms with Crippen LogP contribution in [-0.2, 0) is 6.42 Å². The van der Waals surface area contributed by atoms with Gasteiger partial charge in [-0.2, -0.15) is 0 Å². The predicted molar refractivity (Wildman–Crippen MR) is 108 cm³/mol. The molecule has 2 aromatic rings. The molecule has 0 spiro atoms. The van der Waals surface area contributed by atoms with Crippen molar-refractivity contribution in [3.63, 3.8) is 0 Å². The second kappa shape index (κ2) is 9.39. The number of rotatable bonds is 7. The Morgan fingerprint density at radius 1 is 1.21 bits per heavy atom. The second-order valence-electron chi connectivity index (χ2n) is 7.15. The topological polar surface area (TPSA) is 76.6 Å². The van der Waals surface area contributed by atoms with E-state index in [0.717, 1.165) is 37.2 Å². The molecule has 1 N–H and O–H groups in total. The molecule has 0 saturated carbocycles. The molecule has 7 heteroatoms. The Labute approximate surface area is 166 Å². The number of hydrogen-bond donors (Lipinski definition) is 1. The number of nitrogens with one attached hydrogen (secondary N) is 1. The van der Waals surface area contributed by atoms with Crippen LogP contribution in [0.5, 0.6) is 11.5 Å². The van der Waals surface area contributed by atoms with E-state index in [1.54, 1.807) is 26.6 Å². The van der Waals surface area contributed by atoms with Crippen molar-refractivity contribution in [1.82, 2.24) is 14.9 Å². The Kier molecular flexibility index (Phi) is 6.68. The fraction of sp³-hybridized carbons (Fsp3) is 0.476. The highest BCUT2D eigenvalue weighted by atomic mass is 16.5. The van der Waals surface area contributed by atoms with Crippen molar-refractivity contribution < 1.29 is 14.3 Å². The van der Waals surface area contributed by atoms with Crippen LogP contribution in [0.4, 0.5) is 5.82 Å². The molecule has 3 rings (SSSR count). The highest BCUT2D eigenvalue weighted by molar-refractivity contribution is 5.92. The van der Waals surface area contributed by atoms with E-state index in [1.165, 1.54) is 6.42 Å². The number of aromatic nitrogens is 2. The summed E-state index contributed by atoms with van der Waals surface area (Å²) < 4.78 is 10.6. The SMILES string of the molecule is COc1ccc(CCNc2cnc(C(=O)N3CCCC(C)C3)cn2)cc1OC. The number of ether oxygens (including phenoxy) is 2. The number of benzene rings is 1. The molecule has 1 aliphatic rings. The summed E-state index contributed by atoms with van der Waals surface area (Å²) in [4.78, 5) is 23.1. The molecule has 1 amide bonds. The van der Waals surface area contributed by atoms with Crippen molar-refractivity contribution in [2.75, 3.05) is 39.2 Å². The van der Waals surface area contributed by atoms with Gasteiger partial charge >= 0.3 is 0 Å². The van der Waals surface area contributed by atoms with Crippen molar-refractivity contribution >= 4 is 11.7 Å². The first kappa shape index (κ1) is 19.9. The molecular weight excluding hydrogens is 356 g/mol. The molecule has 1 atom stereocenters. The van der Waals surface area contributed by atoms with Gasteiger partial charge in [0, 0.05) is 19.6 Å². The Balaban J connectivity index is 1.52. The lowest BCUT2D eigenvalue weighted by atomic mass is 10.0. The largest absolute Gasteiger partial charge is 0.493 e. The molecular formula is C21H28N4O3. The number of amides is 1. The van der Waals surface area contributed by atoms with E-state index in [-0.39, 0.29) is 5.91 Å². The van der Waals surface area contributed by atoms with Gasteiger partial charge in [-0.25, -0.2) is 9.97 Å². The molecule has 1 aliphatic heterocycles. The van der Waals surface area contributed by atoms with Gasteiger partial charge < -0.3 is 19.7 Å². The number of carbonyl (C=O) groups is 1. The summed E-state index contributed by atoms with van der Waals surface area (Å²) in [7, 11) is 3.25. The quantitative estimate of drug-likeness (QED) is 0.791. The smallest absolute Gasteiger partial charge is 0.274 e. The Morgan fingerprint density at radius 2 is 2.04 bits per heavy atom. The van der Waals surface area contributed by atoms with Crippen LogP contribution in [0, 0.1) is 5.92 Å². The van der Waals surface area contributed by atoms with Gasteiger partial charge in [-0.15, -0.1) is 0 Å². The van der Waals surface area contributed by atoms with Crippen molar-refractivity contribution in [2.24, 2.45) is 5.92 Å². The lowest BCUT2D eigenvalue weighted by molar-refractivity contribution is 0.0676. The number of carbonyl (C=O) groups excluding carboxylic acids is 1. The average Bonchev–Trinajstić information content (AvgIpc) is 2.73. The molecule has 2 heterocycles. The standard InChI is InChI=1S/C21H28N4O3/c1-15-5-4-10-25(14-15)21(26)17-12-24-20(13-23-17)22-9-8-16-6-7-18(27-2)19(11-16)28-3/h6-7,11-13,15H,4-5,8-10,14H2,1-3H3,(H,22,24). The third-order valence-corrected chi connectivity index (χ3v) is 4.98. The van der Waals surface area contributed by atoms with E-state index in [2.05, 4.69) is 22.2 Å². The molecule has 1 unspecified atom stereocenters. The number of nitrogens with zero attached hydrogens (tertiary/aromatic N) is 3. The van der Waals surface area contributed by atoms with E-state index < -0.39 is 0 Å². The van der Waals surface area contributed by atoms with Gasteiger partial charge in [-0.1, -0.05) is 13.0 Å². The zero-order chi connectivity index (χ0) is 19.9. The molecule has 0 bridgehead atoms. The molecule has 1 aromatic carbocycles. The van der Waals surface area contributed by atoms with Crippen LogP contribution >= 0.6 is 0 Å². The van der Waals surface area contributed by atoms with Crippen LogP contribution in [-0.4, -0.2) is 54.6 Å². The molecule has 0 radical (unpaired) electrons. The van der Waals surface area contributed by atoms with E-state index in [1.807, 2.05) is 23.1 Å². The van der Waals surface area contributed by atoms with Crippen LogP contribution in [0.15, 0.2) is 30.6 Å². The molecule has 0 aliphatic carbocycles. The zero-order valence-corrected chi connectivity index (χ0v) is 16.8. The molecule has 1 fully saturated rings. The first-order valence-corrected chi connectivity index (χ1v) is 9.66. The summed E-state index contributed by atoms with van der Waals surface area (Å²) in [6.45, 7) is 4.47. The van der Waals surface area contributed by atoms with Gasteiger partial charge in [0.15, 0.2) is 11.5 Å². The minimum absolute atomic E-state index is 0.0315. The monoisotopic (exact) mass is 384 g/mol. The number of anilines is 1. The normalized spacial score (nSPS) is 16.5. The first-order valence-electron chi connectivity index (χ1n) is 9.66. The third kappa shape index (κ3) is 4.91. The maximum atomic E-state index is 12.5. The predicted octanol–water partition coefficient (Wildman–Crippen LogP) is 3.02. The number of likely N-dealkylation sites (tertiary alicyclic amines) is 1. The Bertz CT molecular complexity index is 795. The van der Waals surface area contributed by atoms with E-state index in [0.29, 0.717) is 29.7 Å². The van der Waals surface area contributed by atoms with Gasteiger partial charge in [-0.05, 0) is 42.9 Å². The van der Waals surface area contributed by atoms with Gasteiger partial charge in [-0.3, -0.25) is 4.79 Å². The van der Waals surface area contributed by atoms with Crippen LogP contribution in [0.2, 0.25) is 0 Å². The summed E-state index contributed by atoms with van der Waals surface area (Å²) in [5.74, 6) is 2.60. The molecule has 7 nitrogen and oxygen atoms in total. The third-order valence-electron chi connectivity index (χ3n) is 4.98. The van der Waals surface area contributed by atoms with Crippen molar-refractivity contribution in [2.45, 2.75) is 26.2 Å². The Morgan fingerprint density at radius 3 is 2.71 bits per heavy atom. The van der Waals surface area contributed by atoms with Gasteiger partial charge in [0.25, 0.3) is 5.91 Å². The zero-order valence-electron chi connectivity index (χ0n) is 16.8. The Hall–Kier alpha value is -2.83. The maximum Gasteiger partial charge on any atom is 0.274 e. The van der Waals surface area contributed by atoms with Crippen LogP contribution < -0.4 is 14.8 Å². The van der Waals surface area contributed by atoms with Crippen molar-refractivity contribution in [1.29, 1.82) is 0 Å². The summed E-state index contributed by atoms with van der Waals surface area (Å²) >= 11 is 0. The van der Waals surface area contributed by atoms with E-state index in [9.17, 15) is 4.79 Å². The highest BCUT2D eigenvalue weighted by Crippen LogP contribution is 2.27. The van der Waals surface area contributed by atoms with Crippen LogP contribution in [0.1, 0.15) is 35.8 Å². The summed E-state index contributed by atoms with van der Waals surface area (Å²) in [6.07, 6.45) is 6.21. The second-order valence-corrected chi connectivity index (χ2v) is 7.15. The molecule has 1 saturated heterocycles. The molecule has 1 aromatic heterocycles. The fourth-order valence-corrected chi connectivity index (χ4v) is 3.44. The minimum Gasteiger partial charge on any atom is -0.493 e. The van der Waals surface area contributed by atoms with Crippen LogP contribution in [0.3, 0.4) is 0 Å². The summed E-state index contributed by atoms with van der Waals surface area (Å²) in [5.41, 5.74) is 1.53. The minimum atomic E-state index is -0.0315. The van der Waals surface area contributed by atoms with Crippen molar-refractivity contribution in [3.05, 3.63) is 41.9 Å². The average molecular weight is 384 g/mol. The van der Waals surface area contributed by atoms with Gasteiger partial charge in [0.2, 0.25) is 0 Å². The van der Waals surface area contributed by atoms with Crippen LogP contribution in [0.25, 0.3) is 0 Å². The summed E-state index contributed by atoms with van der Waals surface area (Å²) in [5, 5.41) is 3.24. The molecule has 28 heavy (non-hydrogen) atoms. The number of hydrogen-bond acceptors (Lipinski definition) is 6. The lowest BCUT2D eigenvalue weighted by Gasteiger charge is -2.30. The summed E-state index contributed by atoms with van der Waals surface area (Å²) in [6, 6.07) is 5.87. The highest BCUT2D eigenvalue weighted by Gasteiger charge is 2.23.